The SMILES string of the molecule is CN(C)Cc1ccc(C2CCC(O)C(C(=O)Cc3ccc(Cl)cc3Cl)C2)cc1. The zero-order valence-corrected chi connectivity index (χ0v) is 17.9. The molecule has 0 aliphatic heterocycles. The Morgan fingerprint density at radius 2 is 1.82 bits per heavy atom. The molecule has 2 aromatic carbocycles. The minimum atomic E-state index is -0.581. The van der Waals surface area contributed by atoms with Gasteiger partial charge < -0.3 is 10.0 Å². The molecule has 0 saturated heterocycles. The van der Waals surface area contributed by atoms with Crippen LogP contribution in [0.5, 0.6) is 0 Å². The van der Waals surface area contributed by atoms with E-state index in [-0.39, 0.29) is 18.1 Å². The van der Waals surface area contributed by atoms with Gasteiger partial charge in [0, 0.05) is 28.9 Å². The standard InChI is InChI=1S/C23H27Cl2NO2/c1-26(2)14-15-3-5-16(6-4-15)17-8-10-22(27)20(11-17)23(28)12-18-7-9-19(24)13-21(18)25/h3-7,9,13,17,20,22,27H,8,10-12,14H2,1-2H3. The van der Waals surface area contributed by atoms with Gasteiger partial charge in [-0.1, -0.05) is 53.5 Å². The molecular weight excluding hydrogens is 393 g/mol. The molecule has 28 heavy (non-hydrogen) atoms. The van der Waals surface area contributed by atoms with Crippen LogP contribution in [0.1, 0.15) is 41.9 Å². The first-order chi connectivity index (χ1) is 13.3. The van der Waals surface area contributed by atoms with Gasteiger partial charge in [-0.05, 0) is 68.1 Å². The first kappa shape index (κ1) is 21.3. The van der Waals surface area contributed by atoms with E-state index in [1.54, 1.807) is 18.2 Å². The second kappa shape index (κ2) is 9.41. The maximum Gasteiger partial charge on any atom is 0.142 e. The number of carbonyl (C=O) groups is 1. The number of benzene rings is 2. The normalized spacial score (nSPS) is 22.4. The Bertz CT molecular complexity index is 820. The van der Waals surface area contributed by atoms with Crippen molar-refractivity contribution in [2.75, 3.05) is 14.1 Å². The molecule has 1 aliphatic carbocycles. The van der Waals surface area contributed by atoms with Gasteiger partial charge in [0.2, 0.25) is 0 Å². The zero-order chi connectivity index (χ0) is 20.3. The quantitative estimate of drug-likeness (QED) is 0.706. The maximum atomic E-state index is 12.9. The number of halogens is 2. The van der Waals surface area contributed by atoms with E-state index in [2.05, 4.69) is 43.3 Å². The smallest absolute Gasteiger partial charge is 0.142 e. The van der Waals surface area contributed by atoms with Crippen LogP contribution in [-0.4, -0.2) is 36.0 Å². The molecule has 150 valence electrons. The summed E-state index contributed by atoms with van der Waals surface area (Å²) in [5, 5.41) is 11.5. The number of rotatable bonds is 6. The van der Waals surface area contributed by atoms with E-state index >= 15 is 0 Å². The van der Waals surface area contributed by atoms with E-state index in [9.17, 15) is 9.90 Å². The highest BCUT2D eigenvalue weighted by Crippen LogP contribution is 2.37. The van der Waals surface area contributed by atoms with E-state index in [4.69, 9.17) is 23.2 Å². The van der Waals surface area contributed by atoms with Crippen molar-refractivity contribution in [3.63, 3.8) is 0 Å². The van der Waals surface area contributed by atoms with E-state index in [1.807, 2.05) is 0 Å². The van der Waals surface area contributed by atoms with Gasteiger partial charge in [0.25, 0.3) is 0 Å². The van der Waals surface area contributed by atoms with Crippen LogP contribution in [0.2, 0.25) is 10.0 Å². The van der Waals surface area contributed by atoms with E-state index in [0.29, 0.717) is 28.8 Å². The average molecular weight is 420 g/mol. The van der Waals surface area contributed by atoms with Gasteiger partial charge in [-0.15, -0.1) is 0 Å². The fourth-order valence-corrected chi connectivity index (χ4v) is 4.52. The van der Waals surface area contributed by atoms with E-state index in [1.165, 1.54) is 11.1 Å². The molecule has 0 spiro atoms. The molecule has 3 atom stereocenters. The summed E-state index contributed by atoms with van der Waals surface area (Å²) in [5.41, 5.74) is 3.28. The molecular formula is C23H27Cl2NO2. The highest BCUT2D eigenvalue weighted by molar-refractivity contribution is 6.35. The number of aliphatic hydroxyl groups is 1. The van der Waals surface area contributed by atoms with Crippen LogP contribution in [0, 0.1) is 5.92 Å². The lowest BCUT2D eigenvalue weighted by atomic mass is 9.74. The van der Waals surface area contributed by atoms with Crippen LogP contribution in [0.3, 0.4) is 0 Å². The molecule has 1 saturated carbocycles. The van der Waals surface area contributed by atoms with Crippen molar-refractivity contribution in [1.29, 1.82) is 0 Å². The first-order valence-electron chi connectivity index (χ1n) is 9.71. The lowest BCUT2D eigenvalue weighted by Crippen LogP contribution is -2.35. The van der Waals surface area contributed by atoms with Gasteiger partial charge in [0.1, 0.15) is 5.78 Å². The Morgan fingerprint density at radius 3 is 2.46 bits per heavy atom. The molecule has 0 amide bonds. The van der Waals surface area contributed by atoms with Crippen LogP contribution in [0.4, 0.5) is 0 Å². The monoisotopic (exact) mass is 419 g/mol. The third-order valence-corrected chi connectivity index (χ3v) is 6.14. The lowest BCUT2D eigenvalue weighted by Gasteiger charge is -2.33. The molecule has 0 radical (unpaired) electrons. The molecule has 0 bridgehead atoms. The molecule has 3 unspecified atom stereocenters. The van der Waals surface area contributed by atoms with Crippen molar-refractivity contribution in [3.8, 4) is 0 Å². The van der Waals surface area contributed by atoms with Crippen molar-refractivity contribution in [2.45, 2.75) is 44.2 Å². The number of carbonyl (C=O) groups excluding carboxylic acids is 1. The highest BCUT2D eigenvalue weighted by Gasteiger charge is 2.34. The van der Waals surface area contributed by atoms with Gasteiger partial charge >= 0.3 is 0 Å². The summed E-state index contributed by atoms with van der Waals surface area (Å²) in [4.78, 5) is 15.1. The Hall–Kier alpha value is -1.39. The van der Waals surface area contributed by atoms with Crippen LogP contribution < -0.4 is 0 Å². The Labute approximate surface area is 177 Å². The molecule has 5 heteroatoms. The fraction of sp³-hybridized carbons (Fsp3) is 0.435. The summed E-state index contributed by atoms with van der Waals surface area (Å²) in [5.74, 6) is -0.0101. The van der Waals surface area contributed by atoms with Gasteiger partial charge in [-0.2, -0.15) is 0 Å². The molecule has 1 N–H and O–H groups in total. The molecule has 1 fully saturated rings. The third kappa shape index (κ3) is 5.36. The zero-order valence-electron chi connectivity index (χ0n) is 16.4. The fourth-order valence-electron chi connectivity index (χ4n) is 4.05. The van der Waals surface area contributed by atoms with E-state index in [0.717, 1.165) is 18.5 Å². The largest absolute Gasteiger partial charge is 0.392 e. The molecule has 0 aromatic heterocycles. The van der Waals surface area contributed by atoms with Crippen molar-refractivity contribution in [1.82, 2.24) is 4.90 Å². The predicted molar refractivity (Wildman–Crippen MR) is 115 cm³/mol. The summed E-state index contributed by atoms with van der Waals surface area (Å²) >= 11 is 12.2. The molecule has 0 heterocycles. The van der Waals surface area contributed by atoms with Crippen molar-refractivity contribution in [3.05, 3.63) is 69.2 Å². The predicted octanol–water partition coefficient (Wildman–Crippen LogP) is 5.11. The minimum absolute atomic E-state index is 0.0469. The third-order valence-electron chi connectivity index (χ3n) is 5.56. The minimum Gasteiger partial charge on any atom is -0.392 e. The summed E-state index contributed by atoms with van der Waals surface area (Å²) in [6, 6.07) is 13.8. The lowest BCUT2D eigenvalue weighted by molar-refractivity contribution is -0.127. The second-order valence-electron chi connectivity index (χ2n) is 8.04. The Balaban J connectivity index is 1.69. The highest BCUT2D eigenvalue weighted by atomic mass is 35.5. The summed E-state index contributed by atoms with van der Waals surface area (Å²) in [6.07, 6.45) is 1.88. The molecule has 3 rings (SSSR count). The van der Waals surface area contributed by atoms with Crippen LogP contribution in [-0.2, 0) is 17.8 Å². The number of hydrogen-bond donors (Lipinski definition) is 1. The van der Waals surface area contributed by atoms with Crippen molar-refractivity contribution >= 4 is 29.0 Å². The molecule has 3 nitrogen and oxygen atoms in total. The topological polar surface area (TPSA) is 40.5 Å². The number of nitrogens with zero attached hydrogens (tertiary/aromatic N) is 1. The van der Waals surface area contributed by atoms with Crippen LogP contribution >= 0.6 is 23.2 Å². The maximum absolute atomic E-state index is 12.9. The van der Waals surface area contributed by atoms with Crippen molar-refractivity contribution in [2.24, 2.45) is 5.92 Å². The van der Waals surface area contributed by atoms with Crippen molar-refractivity contribution < 1.29 is 9.90 Å². The van der Waals surface area contributed by atoms with Gasteiger partial charge in [0.15, 0.2) is 0 Å². The number of aliphatic hydroxyl groups excluding tert-OH is 1. The Morgan fingerprint density at radius 1 is 1.11 bits per heavy atom. The Kier molecular flexibility index (Phi) is 7.16. The number of hydrogen-bond acceptors (Lipinski definition) is 3. The average Bonchev–Trinajstić information content (AvgIpc) is 2.64. The number of ketones is 1. The van der Waals surface area contributed by atoms with Crippen LogP contribution in [0.15, 0.2) is 42.5 Å². The second-order valence-corrected chi connectivity index (χ2v) is 8.89. The summed E-state index contributed by atoms with van der Waals surface area (Å²) in [7, 11) is 4.11. The summed E-state index contributed by atoms with van der Waals surface area (Å²) < 4.78 is 0. The van der Waals surface area contributed by atoms with Gasteiger partial charge in [-0.25, -0.2) is 0 Å². The number of Topliss-reactive ketones (excluding diaryl/α,β-unsaturated/α-hetero) is 1. The van der Waals surface area contributed by atoms with E-state index < -0.39 is 6.10 Å². The van der Waals surface area contributed by atoms with Gasteiger partial charge in [-0.3, -0.25) is 4.79 Å². The molecule has 2 aromatic rings. The first-order valence-corrected chi connectivity index (χ1v) is 10.5. The van der Waals surface area contributed by atoms with Gasteiger partial charge in [0.05, 0.1) is 6.10 Å². The molecule has 1 aliphatic rings. The van der Waals surface area contributed by atoms with Crippen LogP contribution in [0.25, 0.3) is 0 Å². The summed E-state index contributed by atoms with van der Waals surface area (Å²) in [6.45, 7) is 0.909.